The third kappa shape index (κ3) is 3.46. The van der Waals surface area contributed by atoms with Crippen molar-refractivity contribution in [2.75, 3.05) is 39.4 Å². The van der Waals surface area contributed by atoms with E-state index in [0.29, 0.717) is 12.2 Å². The van der Waals surface area contributed by atoms with Gasteiger partial charge in [-0.15, -0.1) is 0 Å². The standard InChI is InChI=1S/C17H21N3O2/c18-11-14-1-3-15(4-2-14)12-19-6-8-20(9-7-19)17(21)16-5-10-22-13-16/h1-4,16H,5-10,12-13H2/t16-/m1/s1. The number of carbonyl (C=O) groups is 1. The molecule has 0 spiro atoms. The molecular weight excluding hydrogens is 278 g/mol. The normalized spacial score (nSPS) is 22.5. The minimum atomic E-state index is 0.0741. The number of ether oxygens (including phenoxy) is 1. The number of amides is 1. The van der Waals surface area contributed by atoms with E-state index in [9.17, 15) is 4.79 Å². The number of nitrogens with zero attached hydrogens (tertiary/aromatic N) is 3. The lowest BCUT2D eigenvalue weighted by atomic mass is 10.1. The first-order chi connectivity index (χ1) is 10.8. The molecular formula is C17H21N3O2. The summed E-state index contributed by atoms with van der Waals surface area (Å²) in [5.41, 5.74) is 1.90. The topological polar surface area (TPSA) is 56.6 Å². The molecule has 0 bridgehead atoms. The molecule has 1 aromatic rings. The van der Waals surface area contributed by atoms with Crippen LogP contribution in [0.2, 0.25) is 0 Å². The average Bonchev–Trinajstić information content (AvgIpc) is 3.10. The molecule has 0 saturated carbocycles. The third-order valence-corrected chi connectivity index (χ3v) is 4.45. The predicted octanol–water partition coefficient (Wildman–Crippen LogP) is 1.24. The van der Waals surface area contributed by atoms with Gasteiger partial charge in [-0.1, -0.05) is 12.1 Å². The van der Waals surface area contributed by atoms with Crippen LogP contribution in [-0.4, -0.2) is 55.1 Å². The third-order valence-electron chi connectivity index (χ3n) is 4.45. The van der Waals surface area contributed by atoms with Crippen LogP contribution in [0.1, 0.15) is 17.5 Å². The van der Waals surface area contributed by atoms with Crippen molar-refractivity contribution in [3.8, 4) is 6.07 Å². The van der Waals surface area contributed by atoms with E-state index < -0.39 is 0 Å². The molecule has 0 aliphatic carbocycles. The van der Waals surface area contributed by atoms with Crippen molar-refractivity contribution in [3.63, 3.8) is 0 Å². The van der Waals surface area contributed by atoms with Crippen molar-refractivity contribution in [2.24, 2.45) is 5.92 Å². The van der Waals surface area contributed by atoms with Gasteiger partial charge in [-0.3, -0.25) is 9.69 Å². The second-order valence-electron chi connectivity index (χ2n) is 5.97. The molecule has 1 amide bonds. The van der Waals surface area contributed by atoms with Gasteiger partial charge in [0.2, 0.25) is 5.91 Å². The lowest BCUT2D eigenvalue weighted by Gasteiger charge is -2.35. The van der Waals surface area contributed by atoms with Crippen molar-refractivity contribution < 1.29 is 9.53 Å². The van der Waals surface area contributed by atoms with Crippen LogP contribution in [-0.2, 0) is 16.1 Å². The van der Waals surface area contributed by atoms with E-state index >= 15 is 0 Å². The lowest BCUT2D eigenvalue weighted by molar-refractivity contribution is -0.137. The molecule has 2 aliphatic rings. The van der Waals surface area contributed by atoms with Gasteiger partial charge in [0.15, 0.2) is 0 Å². The van der Waals surface area contributed by atoms with Crippen LogP contribution in [0.5, 0.6) is 0 Å². The van der Waals surface area contributed by atoms with E-state index in [-0.39, 0.29) is 11.8 Å². The summed E-state index contributed by atoms with van der Waals surface area (Å²) in [4.78, 5) is 16.7. The lowest BCUT2D eigenvalue weighted by Crippen LogP contribution is -2.50. The molecule has 3 rings (SSSR count). The van der Waals surface area contributed by atoms with E-state index in [2.05, 4.69) is 11.0 Å². The van der Waals surface area contributed by atoms with Gasteiger partial charge >= 0.3 is 0 Å². The summed E-state index contributed by atoms with van der Waals surface area (Å²) in [6.07, 6.45) is 0.865. The smallest absolute Gasteiger partial charge is 0.228 e. The summed E-state index contributed by atoms with van der Waals surface area (Å²) in [6.45, 7) is 5.58. The Hall–Kier alpha value is -1.90. The number of carbonyl (C=O) groups excluding carboxylic acids is 1. The van der Waals surface area contributed by atoms with E-state index in [1.807, 2.05) is 29.2 Å². The summed E-state index contributed by atoms with van der Waals surface area (Å²) >= 11 is 0. The van der Waals surface area contributed by atoms with Crippen LogP contribution in [0.15, 0.2) is 24.3 Å². The zero-order valence-electron chi connectivity index (χ0n) is 12.7. The monoisotopic (exact) mass is 299 g/mol. The molecule has 0 N–H and O–H groups in total. The van der Waals surface area contributed by atoms with Gasteiger partial charge in [-0.25, -0.2) is 0 Å². The summed E-state index contributed by atoms with van der Waals surface area (Å²) < 4.78 is 5.31. The molecule has 2 aliphatic heterocycles. The first-order valence-electron chi connectivity index (χ1n) is 7.84. The Bertz CT molecular complexity index is 550. The molecule has 2 fully saturated rings. The molecule has 0 aromatic heterocycles. The van der Waals surface area contributed by atoms with Gasteiger partial charge in [0.05, 0.1) is 24.2 Å². The molecule has 5 heteroatoms. The number of piperazine rings is 1. The van der Waals surface area contributed by atoms with Crippen molar-refractivity contribution >= 4 is 5.91 Å². The second-order valence-corrected chi connectivity index (χ2v) is 5.97. The SMILES string of the molecule is N#Cc1ccc(CN2CCN(C(=O)[C@@H]3CCOC3)CC2)cc1. The molecule has 2 heterocycles. The van der Waals surface area contributed by atoms with Crippen LogP contribution < -0.4 is 0 Å². The minimum Gasteiger partial charge on any atom is -0.381 e. The van der Waals surface area contributed by atoms with E-state index in [4.69, 9.17) is 10.00 Å². The molecule has 2 saturated heterocycles. The first kappa shape index (κ1) is 15.0. The number of benzene rings is 1. The van der Waals surface area contributed by atoms with Gasteiger partial charge in [-0.05, 0) is 24.1 Å². The van der Waals surface area contributed by atoms with E-state index in [0.717, 1.165) is 45.8 Å². The molecule has 1 aromatic carbocycles. The van der Waals surface area contributed by atoms with Gasteiger partial charge in [-0.2, -0.15) is 5.26 Å². The maximum atomic E-state index is 12.3. The Labute approximate surface area is 131 Å². The molecule has 116 valence electrons. The Morgan fingerprint density at radius 1 is 1.23 bits per heavy atom. The summed E-state index contributed by atoms with van der Waals surface area (Å²) in [7, 11) is 0. The van der Waals surface area contributed by atoms with Crippen LogP contribution >= 0.6 is 0 Å². The van der Waals surface area contributed by atoms with Gasteiger partial charge < -0.3 is 9.64 Å². The Balaban J connectivity index is 1.48. The number of rotatable bonds is 3. The fraction of sp³-hybridized carbons (Fsp3) is 0.529. The van der Waals surface area contributed by atoms with Crippen LogP contribution in [0.25, 0.3) is 0 Å². The average molecular weight is 299 g/mol. The molecule has 22 heavy (non-hydrogen) atoms. The molecule has 5 nitrogen and oxygen atoms in total. The summed E-state index contributed by atoms with van der Waals surface area (Å²) in [5.74, 6) is 0.334. The molecule has 0 unspecified atom stereocenters. The van der Waals surface area contributed by atoms with E-state index in [1.54, 1.807) is 0 Å². The maximum Gasteiger partial charge on any atom is 0.228 e. The van der Waals surface area contributed by atoms with Crippen molar-refractivity contribution in [1.29, 1.82) is 5.26 Å². The molecule has 0 radical (unpaired) electrons. The Morgan fingerprint density at radius 2 is 1.95 bits per heavy atom. The number of hydrogen-bond acceptors (Lipinski definition) is 4. The van der Waals surface area contributed by atoms with Crippen LogP contribution in [0.4, 0.5) is 0 Å². The van der Waals surface area contributed by atoms with Crippen LogP contribution in [0, 0.1) is 17.2 Å². The highest BCUT2D eigenvalue weighted by atomic mass is 16.5. The Morgan fingerprint density at radius 3 is 2.55 bits per heavy atom. The predicted molar refractivity (Wildman–Crippen MR) is 81.9 cm³/mol. The van der Waals surface area contributed by atoms with Crippen molar-refractivity contribution in [1.82, 2.24) is 9.80 Å². The first-order valence-corrected chi connectivity index (χ1v) is 7.84. The summed E-state index contributed by atoms with van der Waals surface area (Å²) in [5, 5.41) is 8.81. The van der Waals surface area contributed by atoms with Crippen molar-refractivity contribution in [3.05, 3.63) is 35.4 Å². The maximum absolute atomic E-state index is 12.3. The number of hydrogen-bond donors (Lipinski definition) is 0. The number of nitriles is 1. The quantitative estimate of drug-likeness (QED) is 0.842. The zero-order chi connectivity index (χ0) is 15.4. The zero-order valence-corrected chi connectivity index (χ0v) is 12.7. The van der Waals surface area contributed by atoms with Gasteiger partial charge in [0.25, 0.3) is 0 Å². The van der Waals surface area contributed by atoms with Crippen molar-refractivity contribution in [2.45, 2.75) is 13.0 Å². The molecule has 1 atom stereocenters. The minimum absolute atomic E-state index is 0.0741. The Kier molecular flexibility index (Phi) is 4.71. The summed E-state index contributed by atoms with van der Waals surface area (Å²) in [6, 6.07) is 9.86. The fourth-order valence-corrected chi connectivity index (χ4v) is 3.06. The van der Waals surface area contributed by atoms with Gasteiger partial charge in [0, 0.05) is 39.3 Å². The largest absolute Gasteiger partial charge is 0.381 e. The fourth-order valence-electron chi connectivity index (χ4n) is 3.06. The second kappa shape index (κ2) is 6.91. The highest BCUT2D eigenvalue weighted by Gasteiger charge is 2.29. The van der Waals surface area contributed by atoms with Crippen LogP contribution in [0.3, 0.4) is 0 Å². The highest BCUT2D eigenvalue weighted by molar-refractivity contribution is 5.79. The highest BCUT2D eigenvalue weighted by Crippen LogP contribution is 2.17. The van der Waals surface area contributed by atoms with Gasteiger partial charge in [0.1, 0.15) is 0 Å². The van der Waals surface area contributed by atoms with E-state index in [1.165, 1.54) is 5.56 Å².